The van der Waals surface area contributed by atoms with E-state index in [0.717, 1.165) is 19.4 Å². The van der Waals surface area contributed by atoms with E-state index in [1.807, 2.05) is 4.90 Å². The van der Waals surface area contributed by atoms with Crippen LogP contribution in [0.5, 0.6) is 5.75 Å². The summed E-state index contributed by atoms with van der Waals surface area (Å²) in [4.78, 5) is 14.3. The van der Waals surface area contributed by atoms with E-state index in [-0.39, 0.29) is 11.7 Å². The number of phenolic OH excluding ortho intramolecular Hbond substituents is 1. The number of rotatable bonds is 4. The maximum Gasteiger partial charge on any atom is 0.257 e. The van der Waals surface area contributed by atoms with Crippen molar-refractivity contribution >= 4 is 5.91 Å². The van der Waals surface area contributed by atoms with Gasteiger partial charge in [0.05, 0.1) is 5.56 Å². The normalized spacial score (nSPS) is 19.1. The Labute approximate surface area is 101 Å². The maximum atomic E-state index is 12.4. The van der Waals surface area contributed by atoms with Crippen molar-refractivity contribution in [2.75, 3.05) is 6.54 Å². The molecule has 0 atom stereocenters. The predicted molar refractivity (Wildman–Crippen MR) is 64.9 cm³/mol. The molecule has 0 heterocycles. The lowest BCUT2D eigenvalue weighted by Gasteiger charge is -2.22. The molecule has 0 saturated heterocycles. The van der Waals surface area contributed by atoms with Crippen molar-refractivity contribution in [1.82, 2.24) is 4.90 Å². The van der Waals surface area contributed by atoms with Gasteiger partial charge in [0.25, 0.3) is 5.91 Å². The molecule has 2 saturated carbocycles. The minimum Gasteiger partial charge on any atom is -0.507 e. The molecule has 3 rings (SSSR count). The third-order valence-corrected chi connectivity index (χ3v) is 3.53. The van der Waals surface area contributed by atoms with E-state index >= 15 is 0 Å². The molecule has 17 heavy (non-hydrogen) atoms. The van der Waals surface area contributed by atoms with Crippen LogP contribution in [-0.2, 0) is 0 Å². The Hall–Kier alpha value is -1.51. The number of hydrogen-bond acceptors (Lipinski definition) is 2. The smallest absolute Gasteiger partial charge is 0.257 e. The number of para-hydroxylation sites is 1. The summed E-state index contributed by atoms with van der Waals surface area (Å²) >= 11 is 0. The van der Waals surface area contributed by atoms with Crippen LogP contribution in [0, 0.1) is 5.92 Å². The first-order chi connectivity index (χ1) is 8.25. The van der Waals surface area contributed by atoms with E-state index in [1.54, 1.807) is 24.3 Å². The lowest BCUT2D eigenvalue weighted by Crippen LogP contribution is -2.34. The molecule has 1 amide bonds. The minimum absolute atomic E-state index is 0.00231. The molecule has 0 aliphatic heterocycles. The van der Waals surface area contributed by atoms with Gasteiger partial charge >= 0.3 is 0 Å². The number of benzene rings is 1. The van der Waals surface area contributed by atoms with Crippen LogP contribution in [0.3, 0.4) is 0 Å². The molecule has 2 fully saturated rings. The standard InChI is InChI=1S/C14H17NO2/c16-13-4-2-1-3-12(13)14(17)15(11-7-8-11)9-10-5-6-10/h1-4,10-11,16H,5-9H2. The van der Waals surface area contributed by atoms with E-state index in [0.29, 0.717) is 17.5 Å². The van der Waals surface area contributed by atoms with Crippen LogP contribution in [0.4, 0.5) is 0 Å². The summed E-state index contributed by atoms with van der Waals surface area (Å²) in [6, 6.07) is 7.25. The molecule has 3 nitrogen and oxygen atoms in total. The fourth-order valence-electron chi connectivity index (χ4n) is 2.17. The number of amides is 1. The first kappa shape index (κ1) is 10.6. The van der Waals surface area contributed by atoms with Crippen LogP contribution in [0.25, 0.3) is 0 Å². The first-order valence-corrected chi connectivity index (χ1v) is 6.34. The topological polar surface area (TPSA) is 40.5 Å². The van der Waals surface area contributed by atoms with Gasteiger partial charge in [-0.1, -0.05) is 12.1 Å². The highest BCUT2D eigenvalue weighted by Gasteiger charge is 2.37. The highest BCUT2D eigenvalue weighted by Crippen LogP contribution is 2.36. The van der Waals surface area contributed by atoms with Crippen molar-refractivity contribution in [2.45, 2.75) is 31.7 Å². The average molecular weight is 231 g/mol. The number of carbonyl (C=O) groups is 1. The summed E-state index contributed by atoms with van der Waals surface area (Å²) < 4.78 is 0. The van der Waals surface area contributed by atoms with Crippen LogP contribution in [0.15, 0.2) is 24.3 Å². The van der Waals surface area contributed by atoms with Crippen molar-refractivity contribution in [1.29, 1.82) is 0 Å². The Balaban J connectivity index is 1.80. The lowest BCUT2D eigenvalue weighted by atomic mass is 10.1. The summed E-state index contributed by atoms with van der Waals surface area (Å²) in [6.07, 6.45) is 4.73. The third-order valence-electron chi connectivity index (χ3n) is 3.53. The van der Waals surface area contributed by atoms with E-state index in [1.165, 1.54) is 12.8 Å². The van der Waals surface area contributed by atoms with Gasteiger partial charge in [0.1, 0.15) is 5.75 Å². The highest BCUT2D eigenvalue weighted by molar-refractivity contribution is 5.97. The molecule has 1 N–H and O–H groups in total. The summed E-state index contributed by atoms with van der Waals surface area (Å²) in [5, 5.41) is 9.73. The SMILES string of the molecule is O=C(c1ccccc1O)N(CC1CC1)C1CC1. The molecule has 1 aromatic rings. The zero-order valence-electron chi connectivity index (χ0n) is 9.80. The zero-order valence-corrected chi connectivity index (χ0v) is 9.80. The van der Waals surface area contributed by atoms with Crippen LogP contribution in [0.2, 0.25) is 0 Å². The second-order valence-electron chi connectivity index (χ2n) is 5.15. The maximum absolute atomic E-state index is 12.4. The number of nitrogens with zero attached hydrogens (tertiary/aromatic N) is 1. The Morgan fingerprint density at radius 1 is 1.24 bits per heavy atom. The highest BCUT2D eigenvalue weighted by atomic mass is 16.3. The Kier molecular flexibility index (Phi) is 2.54. The quantitative estimate of drug-likeness (QED) is 0.864. The number of hydrogen-bond donors (Lipinski definition) is 1. The molecule has 0 spiro atoms. The zero-order chi connectivity index (χ0) is 11.8. The molecule has 0 unspecified atom stereocenters. The molecular weight excluding hydrogens is 214 g/mol. The molecule has 2 aliphatic rings. The fraction of sp³-hybridized carbons (Fsp3) is 0.500. The molecule has 0 aromatic heterocycles. The van der Waals surface area contributed by atoms with Crippen molar-refractivity contribution in [3.05, 3.63) is 29.8 Å². The molecule has 1 aromatic carbocycles. The number of phenols is 1. The molecule has 2 aliphatic carbocycles. The van der Waals surface area contributed by atoms with Crippen molar-refractivity contribution in [3.63, 3.8) is 0 Å². The molecule has 0 radical (unpaired) electrons. The summed E-state index contributed by atoms with van der Waals surface area (Å²) in [5.41, 5.74) is 0.444. The largest absolute Gasteiger partial charge is 0.507 e. The van der Waals surface area contributed by atoms with Gasteiger partial charge in [-0.25, -0.2) is 0 Å². The average Bonchev–Trinajstić information content (AvgIpc) is 3.17. The van der Waals surface area contributed by atoms with Gasteiger partial charge in [-0.15, -0.1) is 0 Å². The first-order valence-electron chi connectivity index (χ1n) is 6.34. The van der Waals surface area contributed by atoms with Gasteiger partial charge < -0.3 is 10.0 Å². The van der Waals surface area contributed by atoms with Gasteiger partial charge in [0.15, 0.2) is 0 Å². The van der Waals surface area contributed by atoms with Crippen molar-refractivity contribution in [3.8, 4) is 5.75 Å². The minimum atomic E-state index is -0.00231. The molecule has 3 heteroatoms. The van der Waals surface area contributed by atoms with E-state index < -0.39 is 0 Å². The van der Waals surface area contributed by atoms with E-state index in [2.05, 4.69) is 0 Å². The monoisotopic (exact) mass is 231 g/mol. The Morgan fingerprint density at radius 3 is 2.53 bits per heavy atom. The Morgan fingerprint density at radius 2 is 1.94 bits per heavy atom. The third kappa shape index (κ3) is 2.28. The van der Waals surface area contributed by atoms with E-state index in [4.69, 9.17) is 0 Å². The second kappa shape index (κ2) is 4.06. The molecule has 90 valence electrons. The van der Waals surface area contributed by atoms with Gasteiger partial charge in [-0.2, -0.15) is 0 Å². The summed E-state index contributed by atoms with van der Waals surface area (Å²) in [5.74, 6) is 0.793. The Bertz CT molecular complexity index is 436. The molecular formula is C14H17NO2. The second-order valence-corrected chi connectivity index (χ2v) is 5.15. The van der Waals surface area contributed by atoms with Crippen molar-refractivity contribution < 1.29 is 9.90 Å². The van der Waals surface area contributed by atoms with Crippen LogP contribution < -0.4 is 0 Å². The number of aromatic hydroxyl groups is 1. The van der Waals surface area contributed by atoms with Crippen molar-refractivity contribution in [2.24, 2.45) is 5.92 Å². The lowest BCUT2D eigenvalue weighted by molar-refractivity contribution is 0.0732. The van der Waals surface area contributed by atoms with Gasteiger partial charge in [-0.3, -0.25) is 4.79 Å². The van der Waals surface area contributed by atoms with Gasteiger partial charge in [-0.05, 0) is 43.7 Å². The summed E-state index contributed by atoms with van der Waals surface area (Å²) in [6.45, 7) is 0.873. The van der Waals surface area contributed by atoms with Gasteiger partial charge in [0.2, 0.25) is 0 Å². The number of carbonyl (C=O) groups excluding carboxylic acids is 1. The predicted octanol–water partition coefficient (Wildman–Crippen LogP) is 2.41. The van der Waals surface area contributed by atoms with Gasteiger partial charge in [0, 0.05) is 12.6 Å². The molecule has 0 bridgehead atoms. The fourth-order valence-corrected chi connectivity index (χ4v) is 2.17. The van der Waals surface area contributed by atoms with Crippen LogP contribution >= 0.6 is 0 Å². The van der Waals surface area contributed by atoms with Crippen LogP contribution in [0.1, 0.15) is 36.0 Å². The summed E-state index contributed by atoms with van der Waals surface area (Å²) in [7, 11) is 0. The van der Waals surface area contributed by atoms with E-state index in [9.17, 15) is 9.90 Å². The van der Waals surface area contributed by atoms with Crippen LogP contribution in [-0.4, -0.2) is 28.5 Å².